The molecule has 0 fully saturated rings. The lowest BCUT2D eigenvalue weighted by Gasteiger charge is -2.13. The molecular formula is C21H27Cl. The minimum absolute atomic E-state index is 0.0683. The highest BCUT2D eigenvalue weighted by Crippen LogP contribution is 2.29. The second-order valence-electron chi connectivity index (χ2n) is 7.04. The van der Waals surface area contributed by atoms with Crippen LogP contribution in [0.5, 0.6) is 0 Å². The number of rotatable bonds is 6. The Morgan fingerprint density at radius 3 is 1.23 bits per heavy atom. The van der Waals surface area contributed by atoms with Gasteiger partial charge in [0.25, 0.3) is 0 Å². The normalized spacial score (nSPS) is 11.6. The molecule has 0 unspecified atom stereocenters. The van der Waals surface area contributed by atoms with Crippen molar-refractivity contribution in [3.05, 3.63) is 70.8 Å². The topological polar surface area (TPSA) is 0 Å². The van der Waals surface area contributed by atoms with E-state index >= 15 is 0 Å². The van der Waals surface area contributed by atoms with Gasteiger partial charge in [0, 0.05) is 0 Å². The van der Waals surface area contributed by atoms with E-state index in [1.165, 1.54) is 22.3 Å². The first-order chi connectivity index (χ1) is 10.5. The summed E-state index contributed by atoms with van der Waals surface area (Å²) in [7, 11) is 0. The molecule has 0 aliphatic rings. The van der Waals surface area contributed by atoms with Crippen LogP contribution in [0.3, 0.4) is 0 Å². The zero-order chi connectivity index (χ0) is 16.1. The van der Waals surface area contributed by atoms with E-state index < -0.39 is 0 Å². The molecule has 0 spiro atoms. The third-order valence-corrected chi connectivity index (χ3v) is 4.34. The van der Waals surface area contributed by atoms with Crippen molar-refractivity contribution < 1.29 is 0 Å². The Kier molecular flexibility index (Phi) is 6.08. The van der Waals surface area contributed by atoms with E-state index in [0.717, 1.165) is 12.8 Å². The van der Waals surface area contributed by atoms with Gasteiger partial charge in [0.2, 0.25) is 0 Å². The molecule has 2 aromatic rings. The Morgan fingerprint density at radius 1 is 0.636 bits per heavy atom. The average Bonchev–Trinajstić information content (AvgIpc) is 2.47. The molecule has 22 heavy (non-hydrogen) atoms. The Bertz CT molecular complexity index is 510. The molecule has 0 aliphatic carbocycles. The van der Waals surface area contributed by atoms with Crippen LogP contribution in [0.4, 0.5) is 0 Å². The third-order valence-electron chi connectivity index (χ3n) is 3.83. The van der Waals surface area contributed by atoms with Gasteiger partial charge < -0.3 is 0 Å². The molecule has 1 heteroatoms. The van der Waals surface area contributed by atoms with Crippen LogP contribution in [0, 0.1) is 11.8 Å². The van der Waals surface area contributed by atoms with Gasteiger partial charge in [-0.05, 0) is 46.9 Å². The van der Waals surface area contributed by atoms with Crippen LogP contribution in [-0.4, -0.2) is 0 Å². The number of hydrogen-bond donors (Lipinski definition) is 0. The first-order valence-corrected chi connectivity index (χ1v) is 8.71. The highest BCUT2D eigenvalue weighted by Gasteiger charge is 2.11. The van der Waals surface area contributed by atoms with E-state index in [1.54, 1.807) is 0 Å². The number of hydrogen-bond acceptors (Lipinski definition) is 0. The monoisotopic (exact) mass is 314 g/mol. The number of alkyl halides is 1. The van der Waals surface area contributed by atoms with Gasteiger partial charge >= 0.3 is 0 Å². The quantitative estimate of drug-likeness (QED) is 0.540. The van der Waals surface area contributed by atoms with Crippen LogP contribution in [0.25, 0.3) is 0 Å². The minimum Gasteiger partial charge on any atom is -0.113 e. The van der Waals surface area contributed by atoms with Crippen molar-refractivity contribution in [3.8, 4) is 0 Å². The van der Waals surface area contributed by atoms with Crippen molar-refractivity contribution in [2.75, 3.05) is 0 Å². The first-order valence-electron chi connectivity index (χ1n) is 8.27. The van der Waals surface area contributed by atoms with Crippen LogP contribution in [-0.2, 0) is 12.8 Å². The predicted molar refractivity (Wildman–Crippen MR) is 97.7 cm³/mol. The van der Waals surface area contributed by atoms with Gasteiger partial charge in [-0.15, -0.1) is 11.6 Å². The van der Waals surface area contributed by atoms with Crippen molar-refractivity contribution in [2.24, 2.45) is 11.8 Å². The lowest BCUT2D eigenvalue weighted by molar-refractivity contribution is 0.647. The fourth-order valence-corrected chi connectivity index (χ4v) is 3.07. The van der Waals surface area contributed by atoms with E-state index in [0.29, 0.717) is 11.8 Å². The van der Waals surface area contributed by atoms with Crippen LogP contribution in [0.2, 0.25) is 0 Å². The molecule has 0 heterocycles. The molecule has 2 aromatic carbocycles. The van der Waals surface area contributed by atoms with Gasteiger partial charge in [0.1, 0.15) is 0 Å². The average molecular weight is 315 g/mol. The zero-order valence-electron chi connectivity index (χ0n) is 14.1. The third kappa shape index (κ3) is 4.88. The highest BCUT2D eigenvalue weighted by atomic mass is 35.5. The van der Waals surface area contributed by atoms with Crippen molar-refractivity contribution in [2.45, 2.75) is 45.9 Å². The van der Waals surface area contributed by atoms with Crippen LogP contribution in [0.1, 0.15) is 55.3 Å². The molecule has 0 saturated carbocycles. The fourth-order valence-electron chi connectivity index (χ4n) is 2.78. The molecule has 0 aliphatic heterocycles. The smallest absolute Gasteiger partial charge is 0.0835 e. The number of benzene rings is 2. The summed E-state index contributed by atoms with van der Waals surface area (Å²) < 4.78 is 0. The minimum atomic E-state index is -0.0683. The van der Waals surface area contributed by atoms with Crippen molar-refractivity contribution in [1.82, 2.24) is 0 Å². The summed E-state index contributed by atoms with van der Waals surface area (Å²) in [5.74, 6) is 1.37. The standard InChI is InChI=1S/C21H27Cl/c1-15(2)13-17-5-9-19(10-6-17)21(22)20-11-7-18(8-12-20)14-16(3)4/h5-12,15-16,21H,13-14H2,1-4H3. The second kappa shape index (κ2) is 7.83. The van der Waals surface area contributed by atoms with Crippen molar-refractivity contribution >= 4 is 11.6 Å². The van der Waals surface area contributed by atoms with Gasteiger partial charge in [-0.1, -0.05) is 76.2 Å². The predicted octanol–water partition coefficient (Wildman–Crippen LogP) is 6.41. The zero-order valence-corrected chi connectivity index (χ0v) is 14.9. The molecule has 118 valence electrons. The van der Waals surface area contributed by atoms with Gasteiger partial charge in [0.15, 0.2) is 0 Å². The summed E-state index contributed by atoms with van der Waals surface area (Å²) in [4.78, 5) is 0. The highest BCUT2D eigenvalue weighted by molar-refractivity contribution is 6.22. The lowest BCUT2D eigenvalue weighted by Crippen LogP contribution is -1.98. The summed E-state index contributed by atoms with van der Waals surface area (Å²) in [6, 6.07) is 17.5. The van der Waals surface area contributed by atoms with Gasteiger partial charge in [-0.3, -0.25) is 0 Å². The van der Waals surface area contributed by atoms with Gasteiger partial charge in [-0.2, -0.15) is 0 Å². The first kappa shape index (κ1) is 17.1. The molecule has 0 N–H and O–H groups in total. The number of halogens is 1. The molecular weight excluding hydrogens is 288 g/mol. The Balaban J connectivity index is 2.08. The summed E-state index contributed by atoms with van der Waals surface area (Å²) in [5, 5.41) is -0.0683. The van der Waals surface area contributed by atoms with E-state index in [1.807, 2.05) is 0 Å². The van der Waals surface area contributed by atoms with Crippen LogP contribution in [0.15, 0.2) is 48.5 Å². The van der Waals surface area contributed by atoms with Crippen molar-refractivity contribution in [1.29, 1.82) is 0 Å². The van der Waals surface area contributed by atoms with E-state index in [2.05, 4.69) is 76.2 Å². The summed E-state index contributed by atoms with van der Waals surface area (Å²) in [6.45, 7) is 8.99. The van der Waals surface area contributed by atoms with E-state index in [9.17, 15) is 0 Å². The molecule has 0 amide bonds. The fraction of sp³-hybridized carbons (Fsp3) is 0.429. The molecule has 0 saturated heterocycles. The Morgan fingerprint density at radius 2 is 0.955 bits per heavy atom. The second-order valence-corrected chi connectivity index (χ2v) is 7.48. The summed E-state index contributed by atoms with van der Waals surface area (Å²) in [6.07, 6.45) is 2.24. The van der Waals surface area contributed by atoms with E-state index in [4.69, 9.17) is 11.6 Å². The van der Waals surface area contributed by atoms with Gasteiger partial charge in [0.05, 0.1) is 5.38 Å². The molecule has 0 nitrogen and oxygen atoms in total. The maximum atomic E-state index is 6.65. The van der Waals surface area contributed by atoms with E-state index in [-0.39, 0.29) is 5.38 Å². The Hall–Kier alpha value is -1.27. The molecule has 0 aromatic heterocycles. The summed E-state index contributed by atoms with van der Waals surface area (Å²) >= 11 is 6.65. The van der Waals surface area contributed by atoms with Crippen LogP contribution < -0.4 is 0 Å². The lowest BCUT2D eigenvalue weighted by atomic mass is 9.97. The Labute approximate surface area is 140 Å². The largest absolute Gasteiger partial charge is 0.113 e. The molecule has 0 bridgehead atoms. The van der Waals surface area contributed by atoms with Gasteiger partial charge in [-0.25, -0.2) is 0 Å². The summed E-state index contributed by atoms with van der Waals surface area (Å²) in [5.41, 5.74) is 5.11. The maximum absolute atomic E-state index is 6.65. The SMILES string of the molecule is CC(C)Cc1ccc(C(Cl)c2ccc(CC(C)C)cc2)cc1. The van der Waals surface area contributed by atoms with Crippen molar-refractivity contribution in [3.63, 3.8) is 0 Å². The molecule has 0 atom stereocenters. The van der Waals surface area contributed by atoms with Crippen LogP contribution >= 0.6 is 11.6 Å². The molecule has 2 rings (SSSR count). The molecule has 0 radical (unpaired) electrons. The maximum Gasteiger partial charge on any atom is 0.0835 e.